The Bertz CT molecular complexity index is 777. The molecule has 3 rings (SSSR count). The molecule has 1 aliphatic carbocycles. The fourth-order valence-electron chi connectivity index (χ4n) is 4.88. The topological polar surface area (TPSA) is 61.4 Å². The SMILES string of the molecule is CNS(=O)(=O)NC1CCC(CCCN2CCC(Cc3cc(Cl)ccc3Br)CC2)CC1. The van der Waals surface area contributed by atoms with E-state index in [0.717, 1.165) is 49.0 Å². The van der Waals surface area contributed by atoms with Gasteiger partial charge in [-0.1, -0.05) is 27.5 Å². The van der Waals surface area contributed by atoms with Crippen molar-refractivity contribution in [3.63, 3.8) is 0 Å². The van der Waals surface area contributed by atoms with E-state index in [4.69, 9.17) is 11.6 Å². The molecule has 1 aromatic carbocycles. The average Bonchev–Trinajstić information content (AvgIpc) is 2.73. The zero-order valence-corrected chi connectivity index (χ0v) is 21.0. The summed E-state index contributed by atoms with van der Waals surface area (Å²) in [6, 6.07) is 6.18. The van der Waals surface area contributed by atoms with E-state index < -0.39 is 10.2 Å². The van der Waals surface area contributed by atoms with Crippen molar-refractivity contribution in [2.45, 2.75) is 63.8 Å². The van der Waals surface area contributed by atoms with Crippen LogP contribution in [0.3, 0.4) is 0 Å². The van der Waals surface area contributed by atoms with Crippen molar-refractivity contribution in [3.05, 3.63) is 33.3 Å². The van der Waals surface area contributed by atoms with Crippen molar-refractivity contribution < 1.29 is 8.42 Å². The van der Waals surface area contributed by atoms with Crippen molar-refractivity contribution in [1.82, 2.24) is 14.3 Å². The van der Waals surface area contributed by atoms with Crippen LogP contribution >= 0.6 is 27.5 Å². The molecule has 0 spiro atoms. The Hall–Kier alpha value is -0.180. The van der Waals surface area contributed by atoms with Gasteiger partial charge in [0, 0.05) is 22.6 Å². The Morgan fingerprint density at radius 1 is 1.10 bits per heavy atom. The molecule has 0 atom stereocenters. The van der Waals surface area contributed by atoms with Gasteiger partial charge in [-0.3, -0.25) is 0 Å². The van der Waals surface area contributed by atoms with Crippen LogP contribution in [0.1, 0.15) is 56.9 Å². The van der Waals surface area contributed by atoms with E-state index in [1.807, 2.05) is 6.07 Å². The molecule has 1 heterocycles. The van der Waals surface area contributed by atoms with Gasteiger partial charge in [0.15, 0.2) is 0 Å². The highest BCUT2D eigenvalue weighted by molar-refractivity contribution is 9.10. The monoisotopic (exact) mass is 519 g/mol. The molecule has 5 nitrogen and oxygen atoms in total. The number of rotatable bonds is 9. The Morgan fingerprint density at radius 2 is 1.80 bits per heavy atom. The summed E-state index contributed by atoms with van der Waals surface area (Å²) in [5.41, 5.74) is 1.33. The Labute approximate surface area is 195 Å². The molecule has 2 fully saturated rings. The van der Waals surface area contributed by atoms with E-state index in [1.165, 1.54) is 62.4 Å². The molecule has 8 heteroatoms. The number of hydrogen-bond acceptors (Lipinski definition) is 3. The summed E-state index contributed by atoms with van der Waals surface area (Å²) in [7, 11) is -1.86. The minimum Gasteiger partial charge on any atom is -0.303 e. The summed E-state index contributed by atoms with van der Waals surface area (Å²) in [4.78, 5) is 2.62. The molecule has 0 aromatic heterocycles. The minimum atomic E-state index is -3.31. The molecule has 0 radical (unpaired) electrons. The maximum absolute atomic E-state index is 11.6. The van der Waals surface area contributed by atoms with Crippen LogP contribution in [0, 0.1) is 11.8 Å². The molecule has 1 saturated carbocycles. The lowest BCUT2D eigenvalue weighted by Gasteiger charge is -2.33. The van der Waals surface area contributed by atoms with E-state index in [9.17, 15) is 8.42 Å². The highest BCUT2D eigenvalue weighted by Crippen LogP contribution is 2.30. The maximum Gasteiger partial charge on any atom is 0.276 e. The average molecular weight is 521 g/mol. The molecule has 170 valence electrons. The predicted molar refractivity (Wildman–Crippen MR) is 128 cm³/mol. The third-order valence-electron chi connectivity index (χ3n) is 6.75. The van der Waals surface area contributed by atoms with Gasteiger partial charge in [0.2, 0.25) is 0 Å². The van der Waals surface area contributed by atoms with Gasteiger partial charge in [0.1, 0.15) is 0 Å². The third kappa shape index (κ3) is 7.75. The van der Waals surface area contributed by atoms with Gasteiger partial charge >= 0.3 is 0 Å². The van der Waals surface area contributed by atoms with Crippen LogP contribution in [0.5, 0.6) is 0 Å². The fourth-order valence-corrected chi connectivity index (χ4v) is 6.27. The van der Waals surface area contributed by atoms with Crippen LogP contribution in [-0.2, 0) is 16.6 Å². The summed E-state index contributed by atoms with van der Waals surface area (Å²) < 4.78 is 29.5. The van der Waals surface area contributed by atoms with Gasteiger partial charge in [-0.05, 0) is 113 Å². The highest BCUT2D eigenvalue weighted by atomic mass is 79.9. The first-order valence-corrected chi connectivity index (χ1v) is 13.9. The van der Waals surface area contributed by atoms with Crippen molar-refractivity contribution in [2.24, 2.45) is 11.8 Å². The van der Waals surface area contributed by atoms with Gasteiger partial charge in [-0.25, -0.2) is 4.72 Å². The van der Waals surface area contributed by atoms with Crippen LogP contribution in [0.15, 0.2) is 22.7 Å². The van der Waals surface area contributed by atoms with Gasteiger partial charge in [0.25, 0.3) is 10.2 Å². The van der Waals surface area contributed by atoms with Gasteiger partial charge in [0.05, 0.1) is 0 Å². The second kappa shape index (κ2) is 11.6. The van der Waals surface area contributed by atoms with Crippen LogP contribution in [0.25, 0.3) is 0 Å². The number of hydrogen-bond donors (Lipinski definition) is 2. The highest BCUT2D eigenvalue weighted by Gasteiger charge is 2.25. The molecule has 30 heavy (non-hydrogen) atoms. The molecule has 2 aliphatic rings. The molecule has 2 N–H and O–H groups in total. The molecular formula is C22H35BrClN3O2S. The van der Waals surface area contributed by atoms with Crippen molar-refractivity contribution in [1.29, 1.82) is 0 Å². The molecule has 1 saturated heterocycles. The third-order valence-corrected chi connectivity index (χ3v) is 8.94. The second-order valence-electron chi connectivity index (χ2n) is 8.91. The number of halogens is 2. The Kier molecular flexibility index (Phi) is 9.47. The van der Waals surface area contributed by atoms with Crippen molar-refractivity contribution in [2.75, 3.05) is 26.7 Å². The number of nitrogens with one attached hydrogen (secondary N) is 2. The number of likely N-dealkylation sites (tertiary alicyclic amines) is 1. The van der Waals surface area contributed by atoms with Crippen molar-refractivity contribution in [3.8, 4) is 0 Å². The molecule has 0 unspecified atom stereocenters. The summed E-state index contributed by atoms with van der Waals surface area (Å²) in [6.45, 7) is 3.59. The number of piperidine rings is 1. The molecule has 1 aliphatic heterocycles. The summed E-state index contributed by atoms with van der Waals surface area (Å²) in [6.07, 6.45) is 10.3. The minimum absolute atomic E-state index is 0.0947. The van der Waals surface area contributed by atoms with Gasteiger partial charge in [-0.2, -0.15) is 13.1 Å². The summed E-state index contributed by atoms with van der Waals surface area (Å²) >= 11 is 9.82. The lowest BCUT2D eigenvalue weighted by molar-refractivity contribution is 0.175. The molecule has 0 bridgehead atoms. The second-order valence-corrected chi connectivity index (χ2v) is 11.9. The van der Waals surface area contributed by atoms with E-state index >= 15 is 0 Å². The summed E-state index contributed by atoms with van der Waals surface area (Å²) in [5, 5.41) is 0.819. The quantitative estimate of drug-likeness (QED) is 0.494. The van der Waals surface area contributed by atoms with Crippen molar-refractivity contribution >= 4 is 37.7 Å². The van der Waals surface area contributed by atoms with E-state index in [1.54, 1.807) is 0 Å². The zero-order valence-electron chi connectivity index (χ0n) is 17.9. The van der Waals surface area contributed by atoms with Crippen LogP contribution in [-0.4, -0.2) is 46.0 Å². The first-order chi connectivity index (χ1) is 14.3. The van der Waals surface area contributed by atoms with Crippen LogP contribution in [0.4, 0.5) is 0 Å². The molecular weight excluding hydrogens is 486 g/mol. The number of nitrogens with zero attached hydrogens (tertiary/aromatic N) is 1. The standard InChI is InChI=1S/C22H35BrClN3O2S/c1-25-30(28,29)26-21-7-4-17(5-8-21)3-2-12-27-13-10-18(11-14-27)15-19-16-20(24)6-9-22(19)23/h6,9,16-18,21,25-26H,2-5,7-8,10-15H2,1H3. The smallest absolute Gasteiger partial charge is 0.276 e. The molecule has 1 aromatic rings. The van der Waals surface area contributed by atoms with Gasteiger partial charge < -0.3 is 4.90 Å². The van der Waals surface area contributed by atoms with Crippen LogP contribution in [0.2, 0.25) is 5.02 Å². The zero-order chi connectivity index (χ0) is 21.6. The summed E-state index contributed by atoms with van der Waals surface area (Å²) in [5.74, 6) is 1.49. The largest absolute Gasteiger partial charge is 0.303 e. The van der Waals surface area contributed by atoms with E-state index in [2.05, 4.69) is 42.4 Å². The fraction of sp³-hybridized carbons (Fsp3) is 0.727. The predicted octanol–water partition coefficient (Wildman–Crippen LogP) is 4.75. The van der Waals surface area contributed by atoms with Gasteiger partial charge in [-0.15, -0.1) is 0 Å². The Balaban J connectivity index is 1.30. The van der Waals surface area contributed by atoms with E-state index in [0.29, 0.717) is 0 Å². The lowest BCUT2D eigenvalue weighted by Crippen LogP contribution is -2.42. The van der Waals surface area contributed by atoms with E-state index in [-0.39, 0.29) is 6.04 Å². The normalized spacial score (nSPS) is 24.2. The number of benzene rings is 1. The molecule has 0 amide bonds. The van der Waals surface area contributed by atoms with Crippen LogP contribution < -0.4 is 9.44 Å². The first-order valence-electron chi connectivity index (χ1n) is 11.2. The Morgan fingerprint density at radius 3 is 2.47 bits per heavy atom. The maximum atomic E-state index is 11.6. The lowest BCUT2D eigenvalue weighted by atomic mass is 9.83. The first kappa shape index (κ1) is 24.5.